The van der Waals surface area contributed by atoms with E-state index in [1.807, 2.05) is 30.3 Å². The number of rotatable bonds is 4. The van der Waals surface area contributed by atoms with E-state index in [2.05, 4.69) is 5.32 Å². The first-order valence-electron chi connectivity index (χ1n) is 6.41. The zero-order chi connectivity index (χ0) is 13.0. The zero-order valence-corrected chi connectivity index (χ0v) is 10.7. The van der Waals surface area contributed by atoms with Crippen LogP contribution in [0.2, 0.25) is 0 Å². The first-order chi connectivity index (χ1) is 8.68. The molecule has 0 bridgehead atoms. The fourth-order valence-corrected chi connectivity index (χ4v) is 2.29. The molecule has 1 aliphatic heterocycles. The summed E-state index contributed by atoms with van der Waals surface area (Å²) in [6.07, 6.45) is 1.60. The van der Waals surface area contributed by atoms with Crippen molar-refractivity contribution in [1.82, 2.24) is 5.32 Å². The van der Waals surface area contributed by atoms with Crippen LogP contribution < -0.4 is 10.2 Å². The molecular formula is C14H20N2O2. The Bertz CT molecular complexity index is 388. The lowest BCUT2D eigenvalue weighted by molar-refractivity contribution is -0.120. The number of carbonyl (C=O) groups excluding carboxylic acids is 1. The number of benzene rings is 1. The molecule has 0 aromatic heterocycles. The molecule has 1 heterocycles. The third-order valence-corrected chi connectivity index (χ3v) is 3.46. The molecule has 1 saturated heterocycles. The van der Waals surface area contributed by atoms with Gasteiger partial charge < -0.3 is 15.3 Å². The first kappa shape index (κ1) is 13.1. The average molecular weight is 248 g/mol. The Kier molecular flexibility index (Phi) is 4.33. The highest BCUT2D eigenvalue weighted by Crippen LogP contribution is 2.16. The lowest BCUT2D eigenvalue weighted by atomic mass is 10.1. The van der Waals surface area contributed by atoms with Crippen LogP contribution in [0.3, 0.4) is 0 Å². The molecule has 2 rings (SSSR count). The molecule has 0 saturated carbocycles. The Hall–Kier alpha value is -1.39. The van der Waals surface area contributed by atoms with E-state index in [0.717, 1.165) is 25.1 Å². The molecule has 1 aliphatic rings. The Morgan fingerprint density at radius 2 is 2.22 bits per heavy atom. The van der Waals surface area contributed by atoms with Gasteiger partial charge in [0.25, 0.3) is 0 Å². The highest BCUT2D eigenvalue weighted by molar-refractivity contribution is 5.93. The summed E-state index contributed by atoms with van der Waals surface area (Å²) in [5.74, 6) is -0.0533. The molecule has 1 fully saturated rings. The predicted octanol–water partition coefficient (Wildman–Crippen LogP) is 1.15. The Balaban J connectivity index is 1.91. The fourth-order valence-electron chi connectivity index (χ4n) is 2.29. The van der Waals surface area contributed by atoms with Crippen LogP contribution in [0.4, 0.5) is 5.69 Å². The summed E-state index contributed by atoms with van der Waals surface area (Å²) < 4.78 is 0. The summed E-state index contributed by atoms with van der Waals surface area (Å²) in [6.45, 7) is 0.935. The molecule has 18 heavy (non-hydrogen) atoms. The normalized spacial score (nSPS) is 20.7. The number of aliphatic hydroxyl groups excluding tert-OH is 1. The maximum Gasteiger partial charge on any atom is 0.229 e. The van der Waals surface area contributed by atoms with E-state index in [4.69, 9.17) is 0 Å². The van der Waals surface area contributed by atoms with Crippen molar-refractivity contribution in [2.75, 3.05) is 18.5 Å². The van der Waals surface area contributed by atoms with Gasteiger partial charge in [0.05, 0.1) is 12.5 Å². The second kappa shape index (κ2) is 5.98. The van der Waals surface area contributed by atoms with Crippen molar-refractivity contribution in [3.05, 3.63) is 30.3 Å². The summed E-state index contributed by atoms with van der Waals surface area (Å²) in [7, 11) is 1.74. The number of nitrogens with zero attached hydrogens (tertiary/aromatic N) is 1. The number of hydrogen-bond acceptors (Lipinski definition) is 3. The molecule has 4 nitrogen and oxygen atoms in total. The van der Waals surface area contributed by atoms with Gasteiger partial charge in [-0.05, 0) is 31.5 Å². The molecule has 2 N–H and O–H groups in total. The standard InChI is InChI=1S/C14H20N2O2/c1-16(11-6-3-2-4-7-11)14(18)10-13(17)12-8-5-9-15-12/h2-4,6-7,12-13,15,17H,5,8-10H2,1H3/t12-,13+/m1/s1. The SMILES string of the molecule is CN(C(=O)C[C@H](O)[C@H]1CCCN1)c1ccccc1. The third-order valence-electron chi connectivity index (χ3n) is 3.46. The summed E-state index contributed by atoms with van der Waals surface area (Å²) >= 11 is 0. The van der Waals surface area contributed by atoms with E-state index in [0.29, 0.717) is 0 Å². The summed E-state index contributed by atoms with van der Waals surface area (Å²) in [5.41, 5.74) is 0.856. The summed E-state index contributed by atoms with van der Waals surface area (Å²) in [6, 6.07) is 9.55. The largest absolute Gasteiger partial charge is 0.391 e. The minimum Gasteiger partial charge on any atom is -0.391 e. The maximum atomic E-state index is 12.0. The van der Waals surface area contributed by atoms with Crippen LogP contribution in [0.5, 0.6) is 0 Å². The second-order valence-corrected chi connectivity index (χ2v) is 4.76. The predicted molar refractivity (Wildman–Crippen MR) is 71.5 cm³/mol. The molecule has 2 atom stereocenters. The van der Waals surface area contributed by atoms with Crippen LogP contribution in [-0.4, -0.2) is 36.8 Å². The molecule has 0 aliphatic carbocycles. The van der Waals surface area contributed by atoms with Gasteiger partial charge in [0, 0.05) is 18.8 Å². The number of anilines is 1. The fraction of sp³-hybridized carbons (Fsp3) is 0.500. The molecule has 0 radical (unpaired) electrons. The van der Waals surface area contributed by atoms with E-state index < -0.39 is 6.10 Å². The van der Waals surface area contributed by atoms with E-state index in [9.17, 15) is 9.90 Å². The van der Waals surface area contributed by atoms with Gasteiger partial charge >= 0.3 is 0 Å². The molecule has 1 amide bonds. The van der Waals surface area contributed by atoms with Gasteiger partial charge in [0.2, 0.25) is 5.91 Å². The lowest BCUT2D eigenvalue weighted by Crippen LogP contribution is -2.39. The van der Waals surface area contributed by atoms with E-state index in [1.165, 1.54) is 0 Å². The van der Waals surface area contributed by atoms with Crippen LogP contribution in [0.15, 0.2) is 30.3 Å². The van der Waals surface area contributed by atoms with Gasteiger partial charge in [-0.25, -0.2) is 0 Å². The molecule has 0 unspecified atom stereocenters. The topological polar surface area (TPSA) is 52.6 Å². The molecule has 1 aromatic carbocycles. The number of nitrogens with one attached hydrogen (secondary N) is 1. The van der Waals surface area contributed by atoms with Gasteiger partial charge in [0.15, 0.2) is 0 Å². The number of hydrogen-bond donors (Lipinski definition) is 2. The molecule has 4 heteroatoms. The van der Waals surface area contributed by atoms with Crippen molar-refractivity contribution in [1.29, 1.82) is 0 Å². The number of para-hydroxylation sites is 1. The van der Waals surface area contributed by atoms with Crippen LogP contribution in [0, 0.1) is 0 Å². The average Bonchev–Trinajstić information content (AvgIpc) is 2.92. The first-order valence-corrected chi connectivity index (χ1v) is 6.41. The van der Waals surface area contributed by atoms with Gasteiger partial charge in [-0.2, -0.15) is 0 Å². The highest BCUT2D eigenvalue weighted by Gasteiger charge is 2.25. The quantitative estimate of drug-likeness (QED) is 0.840. The van der Waals surface area contributed by atoms with Crippen molar-refractivity contribution >= 4 is 11.6 Å². The molecular weight excluding hydrogens is 228 g/mol. The molecule has 98 valence electrons. The van der Waals surface area contributed by atoms with Crippen LogP contribution in [0.1, 0.15) is 19.3 Å². The van der Waals surface area contributed by atoms with Crippen LogP contribution >= 0.6 is 0 Å². The Labute approximate surface area is 108 Å². The van der Waals surface area contributed by atoms with Crippen LogP contribution in [-0.2, 0) is 4.79 Å². The second-order valence-electron chi connectivity index (χ2n) is 4.76. The smallest absolute Gasteiger partial charge is 0.229 e. The van der Waals surface area contributed by atoms with Gasteiger partial charge in [0.1, 0.15) is 0 Å². The zero-order valence-electron chi connectivity index (χ0n) is 10.7. The van der Waals surface area contributed by atoms with E-state index >= 15 is 0 Å². The van der Waals surface area contributed by atoms with Crippen molar-refractivity contribution in [2.45, 2.75) is 31.4 Å². The maximum absolute atomic E-state index is 12.0. The van der Waals surface area contributed by atoms with Crippen molar-refractivity contribution in [3.8, 4) is 0 Å². The summed E-state index contributed by atoms with van der Waals surface area (Å²) in [5, 5.41) is 13.2. The number of carbonyl (C=O) groups is 1. The van der Waals surface area contributed by atoms with Crippen molar-refractivity contribution < 1.29 is 9.90 Å². The van der Waals surface area contributed by atoms with E-state index in [1.54, 1.807) is 11.9 Å². The molecule has 0 spiro atoms. The van der Waals surface area contributed by atoms with Crippen molar-refractivity contribution in [3.63, 3.8) is 0 Å². The molecule has 1 aromatic rings. The minimum absolute atomic E-state index is 0.0533. The minimum atomic E-state index is -0.592. The van der Waals surface area contributed by atoms with Gasteiger partial charge in [-0.1, -0.05) is 18.2 Å². The van der Waals surface area contributed by atoms with Gasteiger partial charge in [-0.3, -0.25) is 4.79 Å². The highest BCUT2D eigenvalue weighted by atomic mass is 16.3. The van der Waals surface area contributed by atoms with Crippen molar-refractivity contribution in [2.24, 2.45) is 0 Å². The number of amides is 1. The monoisotopic (exact) mass is 248 g/mol. The van der Waals surface area contributed by atoms with Crippen LogP contribution in [0.25, 0.3) is 0 Å². The Morgan fingerprint density at radius 1 is 1.50 bits per heavy atom. The van der Waals surface area contributed by atoms with Gasteiger partial charge in [-0.15, -0.1) is 0 Å². The van der Waals surface area contributed by atoms with E-state index in [-0.39, 0.29) is 18.4 Å². The number of aliphatic hydroxyl groups is 1. The third kappa shape index (κ3) is 3.09. The lowest BCUT2D eigenvalue weighted by Gasteiger charge is -2.22. The summed E-state index contributed by atoms with van der Waals surface area (Å²) in [4.78, 5) is 13.6. The Morgan fingerprint density at radius 3 is 2.83 bits per heavy atom.